The van der Waals surface area contributed by atoms with Crippen LogP contribution in [0.1, 0.15) is 32.7 Å². The molecule has 1 aromatic heterocycles. The fraction of sp³-hybridized carbons (Fsp3) is 0.190. The van der Waals surface area contributed by atoms with E-state index < -0.39 is 0 Å². The Labute approximate surface area is 153 Å². The van der Waals surface area contributed by atoms with Crippen LogP contribution >= 0.6 is 0 Å². The summed E-state index contributed by atoms with van der Waals surface area (Å²) in [5.41, 5.74) is 5.88. The maximum atomic E-state index is 12.2. The maximum Gasteiger partial charge on any atom is 0.272 e. The molecule has 3 rings (SSSR count). The van der Waals surface area contributed by atoms with Gasteiger partial charge < -0.3 is 10.6 Å². The van der Waals surface area contributed by atoms with Gasteiger partial charge in [-0.2, -0.15) is 0 Å². The minimum atomic E-state index is -0.239. The van der Waals surface area contributed by atoms with E-state index in [1.54, 1.807) is 12.1 Å². The Hall–Kier alpha value is -3.21. The molecule has 0 atom stereocenters. The first-order valence-corrected chi connectivity index (χ1v) is 8.53. The van der Waals surface area contributed by atoms with Gasteiger partial charge in [0, 0.05) is 12.2 Å². The molecule has 2 aromatic carbocycles. The standard InChI is InChI=1S/C21H22N4O/c1-14-7-9-17(10-8-14)13-22-21(26)19-11-12-20(25-24-19)23-18-6-4-5-15(2)16(18)3/h4-12H,13H2,1-3H3,(H,22,26)(H,23,25). The SMILES string of the molecule is Cc1ccc(CNC(=O)c2ccc(Nc3cccc(C)c3C)nn2)cc1. The topological polar surface area (TPSA) is 66.9 Å². The molecule has 132 valence electrons. The molecule has 3 aromatic rings. The largest absolute Gasteiger partial charge is 0.347 e. The van der Waals surface area contributed by atoms with Gasteiger partial charge in [0.25, 0.3) is 5.91 Å². The third-order valence-corrected chi connectivity index (χ3v) is 4.34. The first-order chi connectivity index (χ1) is 12.5. The summed E-state index contributed by atoms with van der Waals surface area (Å²) in [5, 5.41) is 14.2. The summed E-state index contributed by atoms with van der Waals surface area (Å²) < 4.78 is 0. The van der Waals surface area contributed by atoms with Crippen LogP contribution in [0, 0.1) is 20.8 Å². The Bertz CT molecular complexity index is 902. The quantitative estimate of drug-likeness (QED) is 0.731. The zero-order chi connectivity index (χ0) is 18.5. The predicted octanol–water partition coefficient (Wildman–Crippen LogP) is 4.08. The van der Waals surface area contributed by atoms with E-state index in [2.05, 4.69) is 40.7 Å². The second kappa shape index (κ2) is 7.78. The van der Waals surface area contributed by atoms with Crippen molar-refractivity contribution in [2.45, 2.75) is 27.3 Å². The predicted molar refractivity (Wildman–Crippen MR) is 104 cm³/mol. The summed E-state index contributed by atoms with van der Waals surface area (Å²) in [6.45, 7) is 6.61. The Kier molecular flexibility index (Phi) is 5.27. The molecule has 0 saturated heterocycles. The average molecular weight is 346 g/mol. The molecule has 0 saturated carbocycles. The van der Waals surface area contributed by atoms with Crippen LogP contribution in [0.25, 0.3) is 0 Å². The van der Waals surface area contributed by atoms with Gasteiger partial charge in [-0.25, -0.2) is 0 Å². The number of hydrogen-bond donors (Lipinski definition) is 2. The van der Waals surface area contributed by atoms with Crippen molar-refractivity contribution >= 4 is 17.4 Å². The van der Waals surface area contributed by atoms with E-state index in [-0.39, 0.29) is 5.91 Å². The Morgan fingerprint density at radius 1 is 0.923 bits per heavy atom. The van der Waals surface area contributed by atoms with Crippen molar-refractivity contribution in [3.05, 3.63) is 82.5 Å². The lowest BCUT2D eigenvalue weighted by Gasteiger charge is -2.10. The number of nitrogens with zero attached hydrogens (tertiary/aromatic N) is 2. The van der Waals surface area contributed by atoms with Gasteiger partial charge >= 0.3 is 0 Å². The van der Waals surface area contributed by atoms with Gasteiger partial charge in [-0.3, -0.25) is 4.79 Å². The van der Waals surface area contributed by atoms with Gasteiger partial charge in [0.2, 0.25) is 0 Å². The van der Waals surface area contributed by atoms with Crippen LogP contribution in [-0.2, 0) is 6.54 Å². The molecular formula is C21H22N4O. The molecule has 5 heteroatoms. The van der Waals surface area contributed by atoms with Gasteiger partial charge in [-0.05, 0) is 55.7 Å². The average Bonchev–Trinajstić information content (AvgIpc) is 2.65. The number of rotatable bonds is 5. The number of carbonyl (C=O) groups is 1. The summed E-state index contributed by atoms with van der Waals surface area (Å²) >= 11 is 0. The summed E-state index contributed by atoms with van der Waals surface area (Å²) in [6.07, 6.45) is 0. The number of aryl methyl sites for hydroxylation is 2. The summed E-state index contributed by atoms with van der Waals surface area (Å²) in [5.74, 6) is 0.366. The normalized spacial score (nSPS) is 10.4. The van der Waals surface area contributed by atoms with E-state index >= 15 is 0 Å². The van der Waals surface area contributed by atoms with Crippen LogP contribution in [0.5, 0.6) is 0 Å². The molecular weight excluding hydrogens is 324 g/mol. The van der Waals surface area contributed by atoms with Crippen LogP contribution in [0.2, 0.25) is 0 Å². The van der Waals surface area contributed by atoms with Crippen molar-refractivity contribution in [2.75, 3.05) is 5.32 Å². The van der Waals surface area contributed by atoms with Crippen molar-refractivity contribution in [3.63, 3.8) is 0 Å². The van der Waals surface area contributed by atoms with Crippen molar-refractivity contribution in [2.24, 2.45) is 0 Å². The minimum Gasteiger partial charge on any atom is -0.347 e. The first kappa shape index (κ1) is 17.6. The molecule has 0 bridgehead atoms. The Balaban J connectivity index is 1.62. The van der Waals surface area contributed by atoms with E-state index in [0.717, 1.165) is 16.8 Å². The minimum absolute atomic E-state index is 0.239. The van der Waals surface area contributed by atoms with Gasteiger partial charge in [0.1, 0.15) is 0 Å². The van der Waals surface area contributed by atoms with E-state index in [1.807, 2.05) is 43.3 Å². The van der Waals surface area contributed by atoms with Crippen molar-refractivity contribution in [3.8, 4) is 0 Å². The van der Waals surface area contributed by atoms with Gasteiger partial charge in [0.15, 0.2) is 11.5 Å². The molecule has 1 heterocycles. The van der Waals surface area contributed by atoms with Crippen molar-refractivity contribution in [1.29, 1.82) is 0 Å². The van der Waals surface area contributed by atoms with Crippen molar-refractivity contribution < 1.29 is 4.79 Å². The highest BCUT2D eigenvalue weighted by Gasteiger charge is 2.09. The summed E-state index contributed by atoms with van der Waals surface area (Å²) in [7, 11) is 0. The summed E-state index contributed by atoms with van der Waals surface area (Å²) in [6, 6.07) is 17.5. The number of aromatic nitrogens is 2. The van der Waals surface area contributed by atoms with Gasteiger partial charge in [-0.15, -0.1) is 10.2 Å². The molecule has 2 N–H and O–H groups in total. The van der Waals surface area contributed by atoms with E-state index in [0.29, 0.717) is 18.1 Å². The first-order valence-electron chi connectivity index (χ1n) is 8.53. The lowest BCUT2D eigenvalue weighted by atomic mass is 10.1. The monoisotopic (exact) mass is 346 g/mol. The molecule has 0 aliphatic rings. The molecule has 0 aliphatic carbocycles. The van der Waals surface area contributed by atoms with E-state index in [4.69, 9.17) is 0 Å². The third kappa shape index (κ3) is 4.25. The molecule has 0 unspecified atom stereocenters. The van der Waals surface area contributed by atoms with Gasteiger partial charge in [-0.1, -0.05) is 42.0 Å². The number of nitrogens with one attached hydrogen (secondary N) is 2. The second-order valence-corrected chi connectivity index (χ2v) is 6.34. The van der Waals surface area contributed by atoms with E-state index in [9.17, 15) is 4.79 Å². The lowest BCUT2D eigenvalue weighted by Crippen LogP contribution is -2.24. The molecule has 26 heavy (non-hydrogen) atoms. The van der Waals surface area contributed by atoms with Crippen LogP contribution in [0.15, 0.2) is 54.6 Å². The highest BCUT2D eigenvalue weighted by molar-refractivity contribution is 5.92. The lowest BCUT2D eigenvalue weighted by molar-refractivity contribution is 0.0945. The molecule has 5 nitrogen and oxygen atoms in total. The number of hydrogen-bond acceptors (Lipinski definition) is 4. The van der Waals surface area contributed by atoms with Crippen LogP contribution in [0.3, 0.4) is 0 Å². The highest BCUT2D eigenvalue weighted by atomic mass is 16.1. The van der Waals surface area contributed by atoms with E-state index in [1.165, 1.54) is 11.1 Å². The summed E-state index contributed by atoms with van der Waals surface area (Å²) in [4.78, 5) is 12.2. The fourth-order valence-corrected chi connectivity index (χ4v) is 2.52. The fourth-order valence-electron chi connectivity index (χ4n) is 2.52. The second-order valence-electron chi connectivity index (χ2n) is 6.34. The number of benzene rings is 2. The third-order valence-electron chi connectivity index (χ3n) is 4.34. The van der Waals surface area contributed by atoms with Crippen LogP contribution in [-0.4, -0.2) is 16.1 Å². The highest BCUT2D eigenvalue weighted by Crippen LogP contribution is 2.21. The molecule has 0 fully saturated rings. The molecule has 1 amide bonds. The number of amides is 1. The molecule has 0 radical (unpaired) electrons. The van der Waals surface area contributed by atoms with Crippen LogP contribution in [0.4, 0.5) is 11.5 Å². The Morgan fingerprint density at radius 2 is 1.69 bits per heavy atom. The maximum absolute atomic E-state index is 12.2. The van der Waals surface area contributed by atoms with Crippen LogP contribution < -0.4 is 10.6 Å². The van der Waals surface area contributed by atoms with Crippen molar-refractivity contribution in [1.82, 2.24) is 15.5 Å². The number of carbonyl (C=O) groups excluding carboxylic acids is 1. The zero-order valence-corrected chi connectivity index (χ0v) is 15.2. The zero-order valence-electron chi connectivity index (χ0n) is 15.2. The smallest absolute Gasteiger partial charge is 0.272 e. The Morgan fingerprint density at radius 3 is 2.38 bits per heavy atom. The molecule has 0 spiro atoms. The molecule has 0 aliphatic heterocycles. The van der Waals surface area contributed by atoms with Gasteiger partial charge in [0.05, 0.1) is 0 Å². The number of anilines is 2.